The molecule has 74 valence electrons. The largest absolute Gasteiger partial charge is 0.493 e. The molecular formula is C11H13NO2. The third-order valence-corrected chi connectivity index (χ3v) is 1.79. The van der Waals surface area contributed by atoms with Crippen LogP contribution in [0.1, 0.15) is 12.8 Å². The average molecular weight is 191 g/mol. The Hall–Kier alpha value is -1.53. The molecule has 14 heavy (non-hydrogen) atoms. The number of benzene rings is 1. The van der Waals surface area contributed by atoms with Gasteiger partial charge in [0.05, 0.1) is 25.2 Å². The van der Waals surface area contributed by atoms with Gasteiger partial charge in [0.2, 0.25) is 0 Å². The monoisotopic (exact) mass is 191 g/mol. The molecule has 1 rings (SSSR count). The predicted molar refractivity (Wildman–Crippen MR) is 52.8 cm³/mol. The van der Waals surface area contributed by atoms with Crippen LogP contribution in [0.25, 0.3) is 0 Å². The maximum Gasteiger partial charge on any atom is 0.119 e. The van der Waals surface area contributed by atoms with E-state index in [0.717, 1.165) is 5.75 Å². The highest BCUT2D eigenvalue weighted by Gasteiger charge is 2.02. The van der Waals surface area contributed by atoms with Crippen LogP contribution in [0, 0.1) is 11.3 Å². The number of nitrogens with zero attached hydrogens (tertiary/aromatic N) is 1. The smallest absolute Gasteiger partial charge is 0.119 e. The van der Waals surface area contributed by atoms with E-state index in [1.54, 1.807) is 0 Å². The minimum atomic E-state index is -0.580. The van der Waals surface area contributed by atoms with Crippen LogP contribution in [0.5, 0.6) is 5.75 Å². The molecule has 3 heteroatoms. The lowest BCUT2D eigenvalue weighted by Gasteiger charge is -2.08. The summed E-state index contributed by atoms with van der Waals surface area (Å²) in [7, 11) is 0. The van der Waals surface area contributed by atoms with Crippen LogP contribution in [0.2, 0.25) is 0 Å². The van der Waals surface area contributed by atoms with Gasteiger partial charge < -0.3 is 9.84 Å². The maximum atomic E-state index is 9.22. The number of hydrogen-bond donors (Lipinski definition) is 1. The Morgan fingerprint density at radius 2 is 2.07 bits per heavy atom. The maximum absolute atomic E-state index is 9.22. The van der Waals surface area contributed by atoms with Gasteiger partial charge >= 0.3 is 0 Å². The molecule has 0 aliphatic heterocycles. The molecular weight excluding hydrogens is 178 g/mol. The van der Waals surface area contributed by atoms with Crippen molar-refractivity contribution < 1.29 is 9.84 Å². The number of aliphatic hydroxyl groups excluding tert-OH is 1. The Morgan fingerprint density at radius 1 is 1.36 bits per heavy atom. The van der Waals surface area contributed by atoms with Crippen LogP contribution in [0.3, 0.4) is 0 Å². The third kappa shape index (κ3) is 3.92. The predicted octanol–water partition coefficient (Wildman–Crippen LogP) is 1.73. The summed E-state index contributed by atoms with van der Waals surface area (Å²) in [5, 5.41) is 17.5. The first-order chi connectivity index (χ1) is 6.83. The Kier molecular flexibility index (Phi) is 4.53. The van der Waals surface area contributed by atoms with E-state index in [-0.39, 0.29) is 6.42 Å². The second-order valence-electron chi connectivity index (χ2n) is 2.97. The van der Waals surface area contributed by atoms with Crippen molar-refractivity contribution >= 4 is 0 Å². The molecule has 1 N–H and O–H groups in total. The van der Waals surface area contributed by atoms with Gasteiger partial charge in [0, 0.05) is 6.42 Å². The van der Waals surface area contributed by atoms with Gasteiger partial charge in [-0.2, -0.15) is 5.26 Å². The van der Waals surface area contributed by atoms with E-state index in [1.165, 1.54) is 0 Å². The highest BCUT2D eigenvalue weighted by molar-refractivity contribution is 5.20. The molecule has 0 saturated heterocycles. The highest BCUT2D eigenvalue weighted by atomic mass is 16.5. The van der Waals surface area contributed by atoms with Gasteiger partial charge in [-0.25, -0.2) is 0 Å². The van der Waals surface area contributed by atoms with Crippen LogP contribution in [-0.2, 0) is 0 Å². The lowest BCUT2D eigenvalue weighted by atomic mass is 10.2. The van der Waals surface area contributed by atoms with E-state index in [2.05, 4.69) is 0 Å². The molecule has 0 aromatic heterocycles. The zero-order valence-corrected chi connectivity index (χ0v) is 7.89. The van der Waals surface area contributed by atoms with Gasteiger partial charge in [0.1, 0.15) is 5.75 Å². The molecule has 0 bridgehead atoms. The fourth-order valence-electron chi connectivity index (χ4n) is 1.04. The molecule has 0 fully saturated rings. The summed E-state index contributed by atoms with van der Waals surface area (Å²) in [6, 6.07) is 11.3. The van der Waals surface area contributed by atoms with Crippen molar-refractivity contribution in [2.24, 2.45) is 0 Å². The summed E-state index contributed by atoms with van der Waals surface area (Å²) >= 11 is 0. The zero-order chi connectivity index (χ0) is 10.2. The fourth-order valence-corrected chi connectivity index (χ4v) is 1.04. The van der Waals surface area contributed by atoms with E-state index in [9.17, 15) is 5.11 Å². The average Bonchev–Trinajstić information content (AvgIpc) is 2.20. The van der Waals surface area contributed by atoms with Crippen LogP contribution in [-0.4, -0.2) is 17.8 Å². The van der Waals surface area contributed by atoms with Crippen LogP contribution < -0.4 is 4.74 Å². The van der Waals surface area contributed by atoms with Crippen molar-refractivity contribution in [3.8, 4) is 11.8 Å². The van der Waals surface area contributed by atoms with Gasteiger partial charge in [0.15, 0.2) is 0 Å². The van der Waals surface area contributed by atoms with Gasteiger partial charge in [-0.3, -0.25) is 0 Å². The summed E-state index contributed by atoms with van der Waals surface area (Å²) in [5.74, 6) is 0.789. The number of ether oxygens (including phenoxy) is 1. The van der Waals surface area contributed by atoms with Crippen LogP contribution in [0.4, 0.5) is 0 Å². The third-order valence-electron chi connectivity index (χ3n) is 1.79. The standard InChI is InChI=1S/C11H13NO2/c12-8-6-10(13)7-9-14-11-4-2-1-3-5-11/h1-5,10,13H,6-7,9H2. The van der Waals surface area contributed by atoms with E-state index in [4.69, 9.17) is 10.00 Å². The second kappa shape index (κ2) is 6.01. The van der Waals surface area contributed by atoms with Crippen molar-refractivity contribution in [2.45, 2.75) is 18.9 Å². The summed E-state index contributed by atoms with van der Waals surface area (Å²) in [6.07, 6.45) is 0.0735. The molecule has 1 atom stereocenters. The van der Waals surface area contributed by atoms with E-state index in [0.29, 0.717) is 13.0 Å². The molecule has 0 heterocycles. The van der Waals surface area contributed by atoms with Crippen molar-refractivity contribution in [1.29, 1.82) is 5.26 Å². The second-order valence-corrected chi connectivity index (χ2v) is 2.97. The van der Waals surface area contributed by atoms with Crippen molar-refractivity contribution in [2.75, 3.05) is 6.61 Å². The minimum Gasteiger partial charge on any atom is -0.493 e. The zero-order valence-electron chi connectivity index (χ0n) is 7.89. The summed E-state index contributed by atoms with van der Waals surface area (Å²) in [4.78, 5) is 0. The first kappa shape index (κ1) is 10.6. The van der Waals surface area contributed by atoms with Gasteiger partial charge in [0.25, 0.3) is 0 Å². The van der Waals surface area contributed by atoms with Crippen molar-refractivity contribution in [1.82, 2.24) is 0 Å². The molecule has 0 aliphatic carbocycles. The number of para-hydroxylation sites is 1. The quantitative estimate of drug-likeness (QED) is 0.771. The van der Waals surface area contributed by atoms with Crippen LogP contribution in [0.15, 0.2) is 30.3 Å². The number of aliphatic hydroxyl groups is 1. The number of rotatable bonds is 5. The molecule has 3 nitrogen and oxygen atoms in total. The molecule has 0 saturated carbocycles. The Bertz CT molecular complexity index is 292. The van der Waals surface area contributed by atoms with E-state index >= 15 is 0 Å². The van der Waals surface area contributed by atoms with Crippen LogP contribution >= 0.6 is 0 Å². The molecule has 1 aromatic rings. The van der Waals surface area contributed by atoms with Gasteiger partial charge in [-0.15, -0.1) is 0 Å². The molecule has 1 unspecified atom stereocenters. The van der Waals surface area contributed by atoms with Gasteiger partial charge in [-0.1, -0.05) is 18.2 Å². The Labute approximate surface area is 83.6 Å². The highest BCUT2D eigenvalue weighted by Crippen LogP contribution is 2.09. The number of hydrogen-bond acceptors (Lipinski definition) is 3. The SMILES string of the molecule is N#CCC(O)CCOc1ccccc1. The molecule has 0 radical (unpaired) electrons. The lowest BCUT2D eigenvalue weighted by Crippen LogP contribution is -2.10. The topological polar surface area (TPSA) is 53.2 Å². The molecule has 0 aliphatic rings. The molecule has 1 aromatic carbocycles. The summed E-state index contributed by atoms with van der Waals surface area (Å²) < 4.78 is 5.35. The molecule has 0 spiro atoms. The fraction of sp³-hybridized carbons (Fsp3) is 0.364. The summed E-state index contributed by atoms with van der Waals surface area (Å²) in [5.41, 5.74) is 0. The minimum absolute atomic E-state index is 0.165. The number of nitriles is 1. The first-order valence-electron chi connectivity index (χ1n) is 4.56. The van der Waals surface area contributed by atoms with Crippen molar-refractivity contribution in [3.63, 3.8) is 0 Å². The Morgan fingerprint density at radius 3 is 2.71 bits per heavy atom. The Balaban J connectivity index is 2.19. The molecule has 0 amide bonds. The van der Waals surface area contributed by atoms with E-state index < -0.39 is 6.10 Å². The van der Waals surface area contributed by atoms with E-state index in [1.807, 2.05) is 36.4 Å². The normalized spacial score (nSPS) is 11.7. The van der Waals surface area contributed by atoms with Crippen molar-refractivity contribution in [3.05, 3.63) is 30.3 Å². The lowest BCUT2D eigenvalue weighted by molar-refractivity contribution is 0.143. The van der Waals surface area contributed by atoms with Gasteiger partial charge in [-0.05, 0) is 12.1 Å². The summed E-state index contributed by atoms with van der Waals surface area (Å²) in [6.45, 7) is 0.437. The first-order valence-corrected chi connectivity index (χ1v) is 4.56.